The van der Waals surface area contributed by atoms with Gasteiger partial charge in [0.15, 0.2) is 0 Å². The van der Waals surface area contributed by atoms with Crippen LogP contribution in [0.25, 0.3) is 0 Å². The van der Waals surface area contributed by atoms with Crippen molar-refractivity contribution in [3.8, 4) is 0 Å². The minimum Gasteiger partial charge on any atom is -0.307 e. The van der Waals surface area contributed by atoms with Gasteiger partial charge in [0.05, 0.1) is 0 Å². The van der Waals surface area contributed by atoms with E-state index in [1.165, 1.54) is 12.1 Å². The number of benzene rings is 1. The van der Waals surface area contributed by atoms with Gasteiger partial charge in [0.1, 0.15) is 26.2 Å². The average molecular weight is 238 g/mol. The zero-order valence-electron chi connectivity index (χ0n) is 7.52. The normalized spacial score (nSPS) is 5.21. The maximum absolute atomic E-state index is 11.9. The second-order valence-electron chi connectivity index (χ2n) is 1.30. The molecule has 5 heteroatoms. The van der Waals surface area contributed by atoms with E-state index in [2.05, 4.69) is 0 Å². The van der Waals surface area contributed by atoms with Crippen LogP contribution >= 0.6 is 0 Å². The number of carbonyl (C=O) groups excluding carboxylic acids is 3. The molecule has 0 aliphatic heterocycles. The van der Waals surface area contributed by atoms with E-state index in [1.807, 2.05) is 20.4 Å². The van der Waals surface area contributed by atoms with Crippen LogP contribution in [-0.2, 0) is 31.7 Å². The Morgan fingerprint density at radius 1 is 0.786 bits per heavy atom. The van der Waals surface area contributed by atoms with Crippen molar-refractivity contribution >= 4 is 20.4 Å². The topological polar surface area (TPSA) is 51.2 Å². The minimum atomic E-state index is -0.178. The molecule has 76 valence electrons. The fourth-order valence-electron chi connectivity index (χ4n) is 0.415. The number of halogens is 1. The third kappa shape index (κ3) is 22.4. The van der Waals surface area contributed by atoms with Gasteiger partial charge in [-0.25, -0.2) is 4.39 Å². The van der Waals surface area contributed by atoms with E-state index in [1.54, 1.807) is 18.2 Å². The van der Waals surface area contributed by atoms with Crippen molar-refractivity contribution in [2.45, 2.75) is 0 Å². The summed E-state index contributed by atoms with van der Waals surface area (Å²) in [6, 6.07) is 7.94. The van der Waals surface area contributed by atoms with Crippen LogP contribution in [0.1, 0.15) is 0 Å². The van der Waals surface area contributed by atoms with E-state index in [0.29, 0.717) is 0 Å². The van der Waals surface area contributed by atoms with Crippen molar-refractivity contribution in [2.75, 3.05) is 0 Å². The van der Waals surface area contributed by atoms with Crippen LogP contribution in [0.5, 0.6) is 0 Å². The third-order valence-corrected chi connectivity index (χ3v) is 0.733. The fraction of sp³-hybridized carbons (Fsp3) is 0. The molecule has 1 aromatic rings. The molecular formula is C9H11CrFO3+2. The second-order valence-corrected chi connectivity index (χ2v) is 1.30. The molecule has 0 bridgehead atoms. The van der Waals surface area contributed by atoms with Gasteiger partial charge in [-0.05, 0) is 12.1 Å². The average Bonchev–Trinajstić information content (AvgIpc) is 2.28. The number of hydrogen-bond donors (Lipinski definition) is 0. The summed E-state index contributed by atoms with van der Waals surface area (Å²) >= 11 is 0. The maximum Gasteiger partial charge on any atom is 2.00 e. The fourth-order valence-corrected chi connectivity index (χ4v) is 0.415. The van der Waals surface area contributed by atoms with Crippen molar-refractivity contribution in [1.29, 1.82) is 0 Å². The molecule has 0 heterocycles. The van der Waals surface area contributed by atoms with Gasteiger partial charge in [0.2, 0.25) is 0 Å². The molecular weight excluding hydrogens is 227 g/mol. The molecule has 0 unspecified atom stereocenters. The van der Waals surface area contributed by atoms with Crippen molar-refractivity contribution in [3.63, 3.8) is 0 Å². The molecule has 14 heavy (non-hydrogen) atoms. The standard InChI is InChI=1S/C6H5F.3CH2O.Cr/c7-6-4-2-1-3-5-6;3*1-2;/h1-5H;3*1H2;/q;;;;+2. The molecule has 0 atom stereocenters. The number of rotatable bonds is 0. The molecule has 0 spiro atoms. The first-order valence-electron chi connectivity index (χ1n) is 2.97. The molecule has 3 nitrogen and oxygen atoms in total. The minimum absolute atomic E-state index is 0. The first kappa shape index (κ1) is 23.0. The Balaban J connectivity index is -0.0000000625. The zero-order chi connectivity index (χ0) is 11.1. The van der Waals surface area contributed by atoms with Gasteiger partial charge in [-0.15, -0.1) is 0 Å². The Labute approximate surface area is 93.1 Å². The predicted molar refractivity (Wildman–Crippen MR) is 47.8 cm³/mol. The molecule has 1 rings (SSSR count). The molecule has 0 saturated carbocycles. The van der Waals surface area contributed by atoms with Crippen molar-refractivity contribution in [3.05, 3.63) is 36.1 Å². The SMILES string of the molecule is C=O.C=O.C=O.Fc1ccccc1.[Cr+2]. The monoisotopic (exact) mass is 238 g/mol. The number of hydrogen-bond acceptors (Lipinski definition) is 3. The van der Waals surface area contributed by atoms with Gasteiger partial charge in [0.25, 0.3) is 0 Å². The molecule has 1 aromatic carbocycles. The molecule has 0 saturated heterocycles. The maximum atomic E-state index is 11.9. The molecule has 0 amide bonds. The van der Waals surface area contributed by atoms with Gasteiger partial charge >= 0.3 is 17.4 Å². The van der Waals surface area contributed by atoms with Gasteiger partial charge in [-0.3, -0.25) is 0 Å². The summed E-state index contributed by atoms with van der Waals surface area (Å²) < 4.78 is 11.9. The Hall–Kier alpha value is -1.31. The Morgan fingerprint density at radius 3 is 1.21 bits per heavy atom. The van der Waals surface area contributed by atoms with Gasteiger partial charge in [-0.1, -0.05) is 18.2 Å². The first-order valence-corrected chi connectivity index (χ1v) is 2.97. The van der Waals surface area contributed by atoms with E-state index < -0.39 is 0 Å². The predicted octanol–water partition coefficient (Wildman–Crippen LogP) is 1.27. The van der Waals surface area contributed by atoms with Crippen LogP contribution in [0.2, 0.25) is 0 Å². The summed E-state index contributed by atoms with van der Waals surface area (Å²) in [6.07, 6.45) is 0. The third-order valence-electron chi connectivity index (χ3n) is 0.733. The van der Waals surface area contributed by atoms with Crippen LogP contribution < -0.4 is 0 Å². The van der Waals surface area contributed by atoms with Crippen LogP contribution in [0, 0.1) is 5.82 Å². The smallest absolute Gasteiger partial charge is 0.307 e. The zero-order valence-corrected chi connectivity index (χ0v) is 8.79. The second kappa shape index (κ2) is 29.8. The van der Waals surface area contributed by atoms with Gasteiger partial charge < -0.3 is 14.4 Å². The van der Waals surface area contributed by atoms with E-state index in [0.717, 1.165) is 0 Å². The van der Waals surface area contributed by atoms with E-state index in [-0.39, 0.29) is 23.2 Å². The van der Waals surface area contributed by atoms with E-state index in [9.17, 15) is 4.39 Å². The Bertz CT molecular complexity index is 180. The Kier molecular flexibility index (Phi) is 49.0. The van der Waals surface area contributed by atoms with Gasteiger partial charge in [-0.2, -0.15) is 0 Å². The van der Waals surface area contributed by atoms with Crippen LogP contribution in [0.3, 0.4) is 0 Å². The van der Waals surface area contributed by atoms with E-state index >= 15 is 0 Å². The van der Waals surface area contributed by atoms with E-state index in [4.69, 9.17) is 14.4 Å². The number of carbonyl (C=O) groups is 3. The van der Waals surface area contributed by atoms with Crippen molar-refractivity contribution < 1.29 is 36.1 Å². The van der Waals surface area contributed by atoms with Crippen LogP contribution in [0.15, 0.2) is 30.3 Å². The molecule has 0 radical (unpaired) electrons. The van der Waals surface area contributed by atoms with Gasteiger partial charge in [0, 0.05) is 0 Å². The van der Waals surface area contributed by atoms with Crippen molar-refractivity contribution in [1.82, 2.24) is 0 Å². The summed E-state index contributed by atoms with van der Waals surface area (Å²) in [5.41, 5.74) is 0. The molecule has 0 fully saturated rings. The molecule has 0 N–H and O–H groups in total. The summed E-state index contributed by atoms with van der Waals surface area (Å²) in [5.74, 6) is -0.178. The first-order chi connectivity index (χ1) is 6.39. The van der Waals surface area contributed by atoms with Crippen molar-refractivity contribution in [2.24, 2.45) is 0 Å². The van der Waals surface area contributed by atoms with Crippen LogP contribution in [0.4, 0.5) is 4.39 Å². The summed E-state index contributed by atoms with van der Waals surface area (Å²) in [7, 11) is 0. The summed E-state index contributed by atoms with van der Waals surface area (Å²) in [6.45, 7) is 6.00. The quantitative estimate of drug-likeness (QED) is 0.683. The molecule has 0 aliphatic rings. The largest absolute Gasteiger partial charge is 2.00 e. The summed E-state index contributed by atoms with van der Waals surface area (Å²) in [5, 5.41) is 0. The Morgan fingerprint density at radius 2 is 1.07 bits per heavy atom. The molecule has 0 aromatic heterocycles. The molecule has 0 aliphatic carbocycles. The summed E-state index contributed by atoms with van der Waals surface area (Å²) in [4.78, 5) is 24.0. The van der Waals surface area contributed by atoms with Crippen LogP contribution in [-0.4, -0.2) is 20.4 Å².